The van der Waals surface area contributed by atoms with Gasteiger partial charge in [0.05, 0.1) is 0 Å². The van der Waals surface area contributed by atoms with Gasteiger partial charge in [-0.15, -0.1) is 5.10 Å². The molecule has 0 radical (unpaired) electrons. The summed E-state index contributed by atoms with van der Waals surface area (Å²) in [5.41, 5.74) is 8.82. The Hall–Kier alpha value is -3.74. The molecule has 7 heteroatoms. The molecule has 0 saturated carbocycles. The van der Waals surface area contributed by atoms with Crippen LogP contribution in [-0.2, 0) is 0 Å². The molecule has 0 spiro atoms. The minimum atomic E-state index is -0.179. The van der Waals surface area contributed by atoms with E-state index < -0.39 is 0 Å². The van der Waals surface area contributed by atoms with Gasteiger partial charge in [-0.3, -0.25) is 0 Å². The highest BCUT2D eigenvalue weighted by molar-refractivity contribution is 5.54. The number of anilines is 1. The van der Waals surface area contributed by atoms with Crippen molar-refractivity contribution in [3.63, 3.8) is 0 Å². The van der Waals surface area contributed by atoms with Crippen LogP contribution >= 0.6 is 0 Å². The number of hydrogen-bond acceptors (Lipinski definition) is 7. The van der Waals surface area contributed by atoms with Gasteiger partial charge in [0.25, 0.3) is 0 Å². The normalized spacial score (nSPS) is 13.5. The quantitative estimate of drug-likeness (QED) is 0.384. The van der Waals surface area contributed by atoms with Crippen molar-refractivity contribution in [2.45, 2.75) is 46.1 Å². The molecule has 170 valence electrons. The van der Waals surface area contributed by atoms with Gasteiger partial charge in [0, 0.05) is 23.9 Å². The average molecular weight is 444 g/mol. The van der Waals surface area contributed by atoms with Crippen LogP contribution in [0.2, 0.25) is 0 Å². The Morgan fingerprint density at radius 3 is 2.03 bits per heavy atom. The zero-order valence-electron chi connectivity index (χ0n) is 19.4. The minimum absolute atomic E-state index is 0.00262. The summed E-state index contributed by atoms with van der Waals surface area (Å²) in [7, 11) is 0. The zero-order chi connectivity index (χ0) is 23.4. The van der Waals surface area contributed by atoms with E-state index in [1.165, 1.54) is 11.1 Å². The number of aromatic nitrogens is 4. The van der Waals surface area contributed by atoms with Crippen LogP contribution in [0.15, 0.2) is 71.4 Å². The molecule has 0 bridgehead atoms. The molecule has 2 heterocycles. The fraction of sp³-hybridized carbons (Fsp3) is 0.308. The maximum absolute atomic E-state index is 6.18. The van der Waals surface area contributed by atoms with Gasteiger partial charge in [0.1, 0.15) is 5.75 Å². The average Bonchev–Trinajstić information content (AvgIpc) is 3.25. The van der Waals surface area contributed by atoms with Gasteiger partial charge in [-0.25, -0.2) is 9.97 Å². The first-order chi connectivity index (χ1) is 15.8. The monoisotopic (exact) mass is 443 g/mol. The topological polar surface area (TPSA) is 100.0 Å². The highest BCUT2D eigenvalue weighted by atomic mass is 16.5. The van der Waals surface area contributed by atoms with Gasteiger partial charge in [0.15, 0.2) is 11.9 Å². The summed E-state index contributed by atoms with van der Waals surface area (Å²) < 4.78 is 11.5. The lowest BCUT2D eigenvalue weighted by Gasteiger charge is -2.32. The summed E-state index contributed by atoms with van der Waals surface area (Å²) in [4.78, 5) is 8.67. The number of nitrogen functional groups attached to an aromatic ring is 1. The number of hydrogen-bond donors (Lipinski definition) is 1. The largest absolute Gasteiger partial charge is 0.482 e. The van der Waals surface area contributed by atoms with Crippen molar-refractivity contribution in [2.75, 3.05) is 5.73 Å². The standard InChI is InChI=1S/C26H29N5O2/c1-5-21(23-28-15-6-16-29-23)32-20-13-11-18(12-14-20)22(26(2,3)4)17-7-9-19(10-8-17)24-30-31-25(27)33-24/h6-16,21-22H,5H2,1-4H3,(H2,27,31). The Kier molecular flexibility index (Phi) is 6.40. The second kappa shape index (κ2) is 9.40. The Bertz CT molecular complexity index is 1170. The molecule has 4 aromatic rings. The number of benzene rings is 2. The van der Waals surface area contributed by atoms with Crippen LogP contribution in [0.1, 0.15) is 63.1 Å². The summed E-state index contributed by atoms with van der Waals surface area (Å²) in [5, 5.41) is 7.70. The molecule has 2 unspecified atom stereocenters. The van der Waals surface area contributed by atoms with Crippen molar-refractivity contribution < 1.29 is 9.15 Å². The van der Waals surface area contributed by atoms with Crippen LogP contribution in [0.3, 0.4) is 0 Å². The third kappa shape index (κ3) is 5.19. The Morgan fingerprint density at radius 1 is 0.909 bits per heavy atom. The lowest BCUT2D eigenvalue weighted by Crippen LogP contribution is -2.19. The SMILES string of the molecule is CCC(Oc1ccc(C(c2ccc(-c3nnc(N)o3)cc2)C(C)(C)C)cc1)c1ncccn1. The Labute approximate surface area is 194 Å². The van der Waals surface area contributed by atoms with Crippen molar-refractivity contribution in [1.29, 1.82) is 0 Å². The van der Waals surface area contributed by atoms with E-state index in [-0.39, 0.29) is 23.5 Å². The van der Waals surface area contributed by atoms with Gasteiger partial charge in [-0.1, -0.05) is 57.1 Å². The molecular formula is C26H29N5O2. The first-order valence-corrected chi connectivity index (χ1v) is 11.1. The molecule has 0 aliphatic heterocycles. The molecule has 0 saturated heterocycles. The van der Waals surface area contributed by atoms with E-state index in [9.17, 15) is 0 Å². The molecule has 2 atom stereocenters. The van der Waals surface area contributed by atoms with Gasteiger partial charge < -0.3 is 14.9 Å². The highest BCUT2D eigenvalue weighted by Crippen LogP contribution is 2.41. The molecular weight excluding hydrogens is 414 g/mol. The number of rotatable bonds is 7. The van der Waals surface area contributed by atoms with Gasteiger partial charge in [0.2, 0.25) is 5.89 Å². The second-order valence-corrected chi connectivity index (χ2v) is 9.06. The number of nitrogens with two attached hydrogens (primary N) is 1. The maximum Gasteiger partial charge on any atom is 0.313 e. The minimum Gasteiger partial charge on any atom is -0.482 e. The Balaban J connectivity index is 1.57. The number of nitrogens with zero attached hydrogens (tertiary/aromatic N) is 4. The fourth-order valence-corrected chi connectivity index (χ4v) is 4.06. The molecule has 2 aromatic heterocycles. The van der Waals surface area contributed by atoms with E-state index in [1.807, 2.05) is 30.3 Å². The van der Waals surface area contributed by atoms with Crippen LogP contribution in [0.4, 0.5) is 6.01 Å². The lowest BCUT2D eigenvalue weighted by atomic mass is 9.72. The molecule has 7 nitrogen and oxygen atoms in total. The van der Waals surface area contributed by atoms with E-state index >= 15 is 0 Å². The van der Waals surface area contributed by atoms with Crippen LogP contribution in [-0.4, -0.2) is 20.2 Å². The molecule has 2 aromatic carbocycles. The van der Waals surface area contributed by atoms with Gasteiger partial charge >= 0.3 is 6.01 Å². The lowest BCUT2D eigenvalue weighted by molar-refractivity contribution is 0.191. The van der Waals surface area contributed by atoms with E-state index in [0.717, 1.165) is 17.7 Å². The first-order valence-electron chi connectivity index (χ1n) is 11.1. The van der Waals surface area contributed by atoms with Crippen molar-refractivity contribution in [3.05, 3.63) is 83.9 Å². The van der Waals surface area contributed by atoms with E-state index in [2.05, 4.69) is 72.1 Å². The van der Waals surface area contributed by atoms with Crippen LogP contribution in [0.5, 0.6) is 5.75 Å². The Morgan fingerprint density at radius 2 is 1.52 bits per heavy atom. The molecule has 2 N–H and O–H groups in total. The van der Waals surface area contributed by atoms with E-state index in [4.69, 9.17) is 14.9 Å². The predicted octanol–water partition coefficient (Wildman–Crippen LogP) is 5.82. The molecule has 0 aliphatic rings. The van der Waals surface area contributed by atoms with Crippen LogP contribution < -0.4 is 10.5 Å². The van der Waals surface area contributed by atoms with Gasteiger partial charge in [-0.05, 0) is 53.3 Å². The first kappa shape index (κ1) is 22.5. The zero-order valence-corrected chi connectivity index (χ0v) is 19.4. The predicted molar refractivity (Wildman–Crippen MR) is 128 cm³/mol. The summed E-state index contributed by atoms with van der Waals surface area (Å²) in [5.74, 6) is 2.10. The number of ether oxygens (including phenoxy) is 1. The van der Waals surface area contributed by atoms with Crippen molar-refractivity contribution in [2.24, 2.45) is 5.41 Å². The molecule has 0 aliphatic carbocycles. The third-order valence-electron chi connectivity index (χ3n) is 5.53. The summed E-state index contributed by atoms with van der Waals surface area (Å²) >= 11 is 0. The summed E-state index contributed by atoms with van der Waals surface area (Å²) in [6.07, 6.45) is 4.09. The summed E-state index contributed by atoms with van der Waals surface area (Å²) in [6, 6.07) is 18.4. The van der Waals surface area contributed by atoms with Crippen molar-refractivity contribution in [1.82, 2.24) is 20.2 Å². The third-order valence-corrected chi connectivity index (χ3v) is 5.53. The smallest absolute Gasteiger partial charge is 0.313 e. The van der Waals surface area contributed by atoms with Crippen LogP contribution in [0.25, 0.3) is 11.5 Å². The summed E-state index contributed by atoms with van der Waals surface area (Å²) in [6.45, 7) is 8.80. The molecule has 33 heavy (non-hydrogen) atoms. The fourth-order valence-electron chi connectivity index (χ4n) is 4.06. The van der Waals surface area contributed by atoms with Crippen molar-refractivity contribution in [3.8, 4) is 17.2 Å². The van der Waals surface area contributed by atoms with Gasteiger partial charge in [-0.2, -0.15) is 0 Å². The van der Waals surface area contributed by atoms with E-state index in [1.54, 1.807) is 12.4 Å². The van der Waals surface area contributed by atoms with Crippen molar-refractivity contribution >= 4 is 6.01 Å². The molecule has 0 amide bonds. The molecule has 4 rings (SSSR count). The second-order valence-electron chi connectivity index (χ2n) is 9.06. The van der Waals surface area contributed by atoms with Crippen LogP contribution in [0, 0.1) is 5.41 Å². The maximum atomic E-state index is 6.18. The molecule has 0 fully saturated rings. The van der Waals surface area contributed by atoms with E-state index in [0.29, 0.717) is 11.7 Å². The highest BCUT2D eigenvalue weighted by Gasteiger charge is 2.28.